The minimum atomic E-state index is -0.310. The fraction of sp³-hybridized carbons (Fsp3) is 0.350. The molecule has 0 radical (unpaired) electrons. The second-order valence-corrected chi connectivity index (χ2v) is 6.23. The molecule has 1 heterocycles. The van der Waals surface area contributed by atoms with Crippen molar-refractivity contribution in [2.45, 2.75) is 32.2 Å². The molecule has 124 valence electrons. The first-order valence-corrected chi connectivity index (χ1v) is 8.49. The average molecular weight is 323 g/mol. The van der Waals surface area contributed by atoms with Crippen molar-refractivity contribution >= 4 is 11.4 Å². The maximum atomic E-state index is 14.1. The molecule has 0 atom stereocenters. The van der Waals surface area contributed by atoms with Crippen LogP contribution in [-0.4, -0.2) is 19.1 Å². The van der Waals surface area contributed by atoms with Gasteiger partial charge in [-0.3, -0.25) is 0 Å². The van der Waals surface area contributed by atoms with E-state index < -0.39 is 0 Å². The zero-order valence-electron chi connectivity index (χ0n) is 13.9. The molecular weight excluding hydrogens is 301 g/mol. The number of aryl methyl sites for hydroxylation is 1. The lowest BCUT2D eigenvalue weighted by Crippen LogP contribution is -2.39. The zero-order valence-corrected chi connectivity index (χ0v) is 13.9. The SMILES string of the molecule is CCc1ccc(NC2CCN(c3ccc(C#N)cc3F)CC2)cc1. The van der Waals surface area contributed by atoms with Gasteiger partial charge in [0.2, 0.25) is 0 Å². The predicted octanol–water partition coefficient (Wildman–Crippen LogP) is 4.34. The van der Waals surface area contributed by atoms with Crippen molar-refractivity contribution in [3.8, 4) is 6.07 Å². The summed E-state index contributed by atoms with van der Waals surface area (Å²) < 4.78 is 14.1. The molecule has 0 saturated carbocycles. The highest BCUT2D eigenvalue weighted by atomic mass is 19.1. The van der Waals surface area contributed by atoms with E-state index in [2.05, 4.69) is 41.4 Å². The molecule has 4 heteroatoms. The number of halogens is 1. The van der Waals surface area contributed by atoms with E-state index in [1.807, 2.05) is 6.07 Å². The normalized spacial score (nSPS) is 15.1. The smallest absolute Gasteiger partial charge is 0.147 e. The Morgan fingerprint density at radius 1 is 1.17 bits per heavy atom. The van der Waals surface area contributed by atoms with E-state index in [9.17, 15) is 4.39 Å². The van der Waals surface area contributed by atoms with Gasteiger partial charge in [-0.05, 0) is 55.2 Å². The van der Waals surface area contributed by atoms with Crippen LogP contribution in [0.25, 0.3) is 0 Å². The quantitative estimate of drug-likeness (QED) is 0.909. The Morgan fingerprint density at radius 3 is 2.46 bits per heavy atom. The van der Waals surface area contributed by atoms with Crippen molar-refractivity contribution in [3.05, 3.63) is 59.4 Å². The number of piperidine rings is 1. The minimum Gasteiger partial charge on any atom is -0.382 e. The van der Waals surface area contributed by atoms with Gasteiger partial charge in [-0.2, -0.15) is 5.26 Å². The lowest BCUT2D eigenvalue weighted by Gasteiger charge is -2.34. The summed E-state index contributed by atoms with van der Waals surface area (Å²) in [7, 11) is 0. The first kappa shape index (κ1) is 16.3. The van der Waals surface area contributed by atoms with Crippen LogP contribution in [0.3, 0.4) is 0 Å². The lowest BCUT2D eigenvalue weighted by atomic mass is 10.0. The fourth-order valence-electron chi connectivity index (χ4n) is 3.17. The van der Waals surface area contributed by atoms with Crippen molar-refractivity contribution in [2.24, 2.45) is 0 Å². The van der Waals surface area contributed by atoms with E-state index in [0.29, 0.717) is 17.3 Å². The summed E-state index contributed by atoms with van der Waals surface area (Å²) in [6.07, 6.45) is 2.98. The molecule has 0 spiro atoms. The van der Waals surface area contributed by atoms with E-state index >= 15 is 0 Å². The van der Waals surface area contributed by atoms with Gasteiger partial charge in [-0.1, -0.05) is 19.1 Å². The van der Waals surface area contributed by atoms with Crippen LogP contribution in [0.5, 0.6) is 0 Å². The Labute approximate surface area is 142 Å². The van der Waals surface area contributed by atoms with E-state index in [0.717, 1.165) is 38.0 Å². The highest BCUT2D eigenvalue weighted by molar-refractivity contribution is 5.52. The predicted molar refractivity (Wildman–Crippen MR) is 95.8 cm³/mol. The number of nitrogens with one attached hydrogen (secondary N) is 1. The molecule has 0 bridgehead atoms. The van der Waals surface area contributed by atoms with Crippen molar-refractivity contribution in [2.75, 3.05) is 23.3 Å². The maximum absolute atomic E-state index is 14.1. The van der Waals surface area contributed by atoms with Crippen LogP contribution < -0.4 is 10.2 Å². The molecule has 24 heavy (non-hydrogen) atoms. The summed E-state index contributed by atoms with van der Waals surface area (Å²) in [6, 6.07) is 15.7. The molecule has 0 aromatic heterocycles. The van der Waals surface area contributed by atoms with Crippen molar-refractivity contribution in [1.82, 2.24) is 0 Å². The van der Waals surface area contributed by atoms with Gasteiger partial charge in [0.1, 0.15) is 5.82 Å². The minimum absolute atomic E-state index is 0.310. The monoisotopic (exact) mass is 323 g/mol. The van der Waals surface area contributed by atoms with Gasteiger partial charge in [0, 0.05) is 24.8 Å². The number of nitrogens with zero attached hydrogens (tertiary/aromatic N) is 2. The molecule has 2 aromatic carbocycles. The van der Waals surface area contributed by atoms with Crippen LogP contribution in [0.15, 0.2) is 42.5 Å². The maximum Gasteiger partial charge on any atom is 0.147 e. The van der Waals surface area contributed by atoms with Gasteiger partial charge in [0.05, 0.1) is 17.3 Å². The van der Waals surface area contributed by atoms with Gasteiger partial charge in [-0.25, -0.2) is 4.39 Å². The van der Waals surface area contributed by atoms with Crippen molar-refractivity contribution < 1.29 is 4.39 Å². The van der Waals surface area contributed by atoms with Gasteiger partial charge >= 0.3 is 0 Å². The van der Waals surface area contributed by atoms with Crippen LogP contribution >= 0.6 is 0 Å². The van der Waals surface area contributed by atoms with Gasteiger partial charge in [0.25, 0.3) is 0 Å². The largest absolute Gasteiger partial charge is 0.382 e. The average Bonchev–Trinajstić information content (AvgIpc) is 2.63. The number of nitriles is 1. The molecule has 3 nitrogen and oxygen atoms in total. The molecule has 1 fully saturated rings. The molecule has 1 aliphatic rings. The topological polar surface area (TPSA) is 39.1 Å². The first-order valence-electron chi connectivity index (χ1n) is 8.49. The molecule has 0 unspecified atom stereocenters. The fourth-order valence-corrected chi connectivity index (χ4v) is 3.17. The Balaban J connectivity index is 1.58. The zero-order chi connectivity index (χ0) is 16.9. The molecule has 1 N–H and O–H groups in total. The van der Waals surface area contributed by atoms with Crippen LogP contribution in [-0.2, 0) is 6.42 Å². The standard InChI is InChI=1S/C20H22FN3/c1-2-15-3-6-17(7-4-15)23-18-9-11-24(12-10-18)20-8-5-16(14-22)13-19(20)21/h3-8,13,18,23H,2,9-12H2,1H3. The van der Waals surface area contributed by atoms with Crippen LogP contribution in [0.1, 0.15) is 30.9 Å². The van der Waals surface area contributed by atoms with E-state index in [1.54, 1.807) is 12.1 Å². The highest BCUT2D eigenvalue weighted by Crippen LogP contribution is 2.25. The second-order valence-electron chi connectivity index (χ2n) is 6.23. The molecule has 2 aromatic rings. The summed E-state index contributed by atoms with van der Waals surface area (Å²) in [5.74, 6) is -0.310. The second kappa shape index (κ2) is 7.35. The van der Waals surface area contributed by atoms with Gasteiger partial charge in [0.15, 0.2) is 0 Å². The number of hydrogen-bond acceptors (Lipinski definition) is 3. The third-order valence-corrected chi connectivity index (χ3v) is 4.65. The summed E-state index contributed by atoms with van der Waals surface area (Å²) in [5.41, 5.74) is 3.45. The Bertz CT molecular complexity index is 726. The molecule has 3 rings (SSSR count). The third-order valence-electron chi connectivity index (χ3n) is 4.65. The Morgan fingerprint density at radius 2 is 1.88 bits per heavy atom. The Hall–Kier alpha value is -2.54. The summed E-state index contributed by atoms with van der Waals surface area (Å²) >= 11 is 0. The van der Waals surface area contributed by atoms with Gasteiger partial charge in [-0.15, -0.1) is 0 Å². The van der Waals surface area contributed by atoms with E-state index in [-0.39, 0.29) is 5.82 Å². The summed E-state index contributed by atoms with van der Waals surface area (Å²) in [4.78, 5) is 2.06. The summed E-state index contributed by atoms with van der Waals surface area (Å²) in [6.45, 7) is 3.78. The first-order chi connectivity index (χ1) is 11.7. The Kier molecular flexibility index (Phi) is 5.00. The number of benzene rings is 2. The number of hydrogen-bond donors (Lipinski definition) is 1. The molecule has 1 aliphatic heterocycles. The van der Waals surface area contributed by atoms with Crippen LogP contribution in [0, 0.1) is 17.1 Å². The van der Waals surface area contributed by atoms with E-state index in [4.69, 9.17) is 5.26 Å². The third kappa shape index (κ3) is 3.68. The molecule has 0 aliphatic carbocycles. The summed E-state index contributed by atoms with van der Waals surface area (Å²) in [5, 5.41) is 12.4. The van der Waals surface area contributed by atoms with Crippen molar-refractivity contribution in [1.29, 1.82) is 5.26 Å². The molecular formula is C20H22FN3. The van der Waals surface area contributed by atoms with Crippen LogP contribution in [0.2, 0.25) is 0 Å². The number of anilines is 2. The van der Waals surface area contributed by atoms with Crippen LogP contribution in [0.4, 0.5) is 15.8 Å². The van der Waals surface area contributed by atoms with Gasteiger partial charge < -0.3 is 10.2 Å². The molecule has 0 amide bonds. The highest BCUT2D eigenvalue weighted by Gasteiger charge is 2.21. The van der Waals surface area contributed by atoms with E-state index in [1.165, 1.54) is 11.6 Å². The lowest BCUT2D eigenvalue weighted by molar-refractivity contribution is 0.516. The van der Waals surface area contributed by atoms with Crippen molar-refractivity contribution in [3.63, 3.8) is 0 Å². The number of rotatable bonds is 4. The molecule has 1 saturated heterocycles.